The van der Waals surface area contributed by atoms with Crippen LogP contribution in [-0.2, 0) is 29.0 Å². The van der Waals surface area contributed by atoms with Gasteiger partial charge in [-0.1, -0.05) is 35.9 Å². The van der Waals surface area contributed by atoms with E-state index in [2.05, 4.69) is 5.32 Å². The number of carbonyl (C=O) groups excluding carboxylic acids is 3. The van der Waals surface area contributed by atoms with Crippen molar-refractivity contribution < 1.29 is 27.5 Å². The lowest BCUT2D eigenvalue weighted by Crippen LogP contribution is -2.43. The Balaban J connectivity index is 1.47. The second kappa shape index (κ2) is 11.3. The molecule has 1 unspecified atom stereocenters. The largest absolute Gasteiger partial charge is 0.455 e. The number of hydrogen-bond acceptors (Lipinski definition) is 7. The first kappa shape index (κ1) is 24.8. The molecule has 33 heavy (non-hydrogen) atoms. The summed E-state index contributed by atoms with van der Waals surface area (Å²) >= 11 is 1.08. The summed E-state index contributed by atoms with van der Waals surface area (Å²) in [6.07, 6.45) is 0.336. The smallest absolute Gasteiger partial charge is 0.316 e. The summed E-state index contributed by atoms with van der Waals surface area (Å²) in [7, 11) is -3.20. The molecule has 1 fully saturated rings. The van der Waals surface area contributed by atoms with Crippen LogP contribution in [0.3, 0.4) is 0 Å². The Hall–Kier alpha value is -2.85. The molecule has 176 valence electrons. The lowest BCUT2D eigenvalue weighted by atomic mass is 10.2. The highest BCUT2D eigenvalue weighted by molar-refractivity contribution is 8.00. The number of hydrogen-bond donors (Lipinski definition) is 1. The average molecular weight is 491 g/mol. The van der Waals surface area contributed by atoms with Crippen molar-refractivity contribution in [3.8, 4) is 0 Å². The molecule has 1 aliphatic rings. The molecule has 1 atom stereocenters. The molecule has 0 radical (unpaired) electrons. The molecule has 0 aromatic heterocycles. The number of aryl methyl sites for hydroxylation is 1. The summed E-state index contributed by atoms with van der Waals surface area (Å²) in [5.41, 5.74) is 2.32. The lowest BCUT2D eigenvalue weighted by molar-refractivity contribution is -0.145. The van der Waals surface area contributed by atoms with Gasteiger partial charge in [-0.05, 0) is 37.6 Å². The molecule has 2 amide bonds. The van der Waals surface area contributed by atoms with Gasteiger partial charge in [0.1, 0.15) is 0 Å². The number of benzene rings is 2. The minimum Gasteiger partial charge on any atom is -0.455 e. The fourth-order valence-corrected chi connectivity index (χ4v) is 5.75. The molecular weight excluding hydrogens is 464 g/mol. The quantitative estimate of drug-likeness (QED) is 0.538. The van der Waals surface area contributed by atoms with E-state index in [0.29, 0.717) is 17.8 Å². The Morgan fingerprint density at radius 1 is 1.06 bits per heavy atom. The van der Waals surface area contributed by atoms with Crippen molar-refractivity contribution in [2.75, 3.05) is 39.8 Å². The van der Waals surface area contributed by atoms with Gasteiger partial charge < -0.3 is 15.0 Å². The Morgan fingerprint density at radius 2 is 1.76 bits per heavy atom. The fraction of sp³-hybridized carbons (Fsp3) is 0.348. The van der Waals surface area contributed by atoms with Crippen molar-refractivity contribution in [2.24, 2.45) is 0 Å². The zero-order chi connectivity index (χ0) is 23.8. The van der Waals surface area contributed by atoms with Crippen LogP contribution in [0.1, 0.15) is 12.0 Å². The SMILES string of the molecule is Cc1ccc(NC(=O)CSCC(=O)OCC(=O)N(c2ccccc2)C2CCS(=O)(=O)C2)cc1. The van der Waals surface area contributed by atoms with Crippen LogP contribution in [0.4, 0.5) is 11.4 Å². The number of carbonyl (C=O) groups is 3. The summed E-state index contributed by atoms with van der Waals surface area (Å²) in [5.74, 6) is -1.47. The third-order valence-electron chi connectivity index (χ3n) is 5.02. The molecule has 0 bridgehead atoms. The van der Waals surface area contributed by atoms with Crippen molar-refractivity contribution in [3.63, 3.8) is 0 Å². The van der Waals surface area contributed by atoms with Crippen molar-refractivity contribution in [2.45, 2.75) is 19.4 Å². The summed E-state index contributed by atoms with van der Waals surface area (Å²) in [6, 6.07) is 15.6. The van der Waals surface area contributed by atoms with E-state index in [9.17, 15) is 22.8 Å². The third-order valence-corrected chi connectivity index (χ3v) is 7.68. The maximum atomic E-state index is 12.8. The molecule has 0 aliphatic carbocycles. The van der Waals surface area contributed by atoms with Gasteiger partial charge in [0.2, 0.25) is 5.91 Å². The van der Waals surface area contributed by atoms with Gasteiger partial charge in [0.15, 0.2) is 16.4 Å². The molecular formula is C23H26N2O6S2. The van der Waals surface area contributed by atoms with Crippen LogP contribution in [0.2, 0.25) is 0 Å². The van der Waals surface area contributed by atoms with Crippen LogP contribution in [0.15, 0.2) is 54.6 Å². The molecule has 0 spiro atoms. The van der Waals surface area contributed by atoms with Crippen molar-refractivity contribution in [3.05, 3.63) is 60.2 Å². The van der Waals surface area contributed by atoms with Gasteiger partial charge in [-0.15, -0.1) is 11.8 Å². The van der Waals surface area contributed by atoms with Crippen molar-refractivity contribution >= 4 is 50.8 Å². The van der Waals surface area contributed by atoms with Crippen LogP contribution in [0.25, 0.3) is 0 Å². The van der Waals surface area contributed by atoms with Crippen LogP contribution < -0.4 is 10.2 Å². The number of anilines is 2. The Bertz CT molecular complexity index is 1090. The van der Waals surface area contributed by atoms with Gasteiger partial charge in [0, 0.05) is 11.4 Å². The minimum atomic E-state index is -3.20. The van der Waals surface area contributed by atoms with E-state index in [-0.39, 0.29) is 28.9 Å². The van der Waals surface area contributed by atoms with Crippen LogP contribution in [0, 0.1) is 6.92 Å². The Morgan fingerprint density at radius 3 is 2.39 bits per heavy atom. The van der Waals surface area contributed by atoms with E-state index in [1.165, 1.54) is 4.90 Å². The maximum Gasteiger partial charge on any atom is 0.316 e. The van der Waals surface area contributed by atoms with Gasteiger partial charge in [-0.25, -0.2) is 8.42 Å². The van der Waals surface area contributed by atoms with Gasteiger partial charge in [-0.3, -0.25) is 14.4 Å². The summed E-state index contributed by atoms with van der Waals surface area (Å²) in [5, 5.41) is 2.74. The highest BCUT2D eigenvalue weighted by Gasteiger charge is 2.35. The molecule has 3 rings (SSSR count). The first-order valence-electron chi connectivity index (χ1n) is 10.4. The Kier molecular flexibility index (Phi) is 8.51. The number of nitrogens with one attached hydrogen (secondary N) is 1. The number of amides is 2. The number of esters is 1. The molecule has 0 saturated carbocycles. The second-order valence-electron chi connectivity index (χ2n) is 7.72. The highest BCUT2D eigenvalue weighted by Crippen LogP contribution is 2.24. The van der Waals surface area contributed by atoms with E-state index < -0.39 is 34.4 Å². The minimum absolute atomic E-state index is 0.0232. The molecule has 1 aliphatic heterocycles. The molecule has 1 heterocycles. The molecule has 8 nitrogen and oxygen atoms in total. The van der Waals surface area contributed by atoms with E-state index in [0.717, 1.165) is 17.3 Å². The second-order valence-corrected chi connectivity index (χ2v) is 10.9. The van der Waals surface area contributed by atoms with E-state index in [1.807, 2.05) is 19.1 Å². The predicted octanol–water partition coefficient (Wildman–Crippen LogP) is 2.43. The van der Waals surface area contributed by atoms with E-state index >= 15 is 0 Å². The molecule has 2 aromatic rings. The van der Waals surface area contributed by atoms with E-state index in [1.54, 1.807) is 42.5 Å². The molecule has 2 aromatic carbocycles. The number of rotatable bonds is 9. The number of thioether (sulfide) groups is 1. The first-order valence-corrected chi connectivity index (χ1v) is 13.4. The Labute approximate surface area is 197 Å². The van der Waals surface area contributed by atoms with Gasteiger partial charge in [-0.2, -0.15) is 0 Å². The summed E-state index contributed by atoms with van der Waals surface area (Å²) < 4.78 is 28.9. The monoisotopic (exact) mass is 490 g/mol. The first-order chi connectivity index (χ1) is 15.7. The third kappa shape index (κ3) is 7.61. The van der Waals surface area contributed by atoms with Gasteiger partial charge in [0.05, 0.1) is 29.1 Å². The van der Waals surface area contributed by atoms with Crippen LogP contribution in [0.5, 0.6) is 0 Å². The van der Waals surface area contributed by atoms with E-state index in [4.69, 9.17) is 4.74 Å². The highest BCUT2D eigenvalue weighted by atomic mass is 32.2. The number of ether oxygens (including phenoxy) is 1. The average Bonchev–Trinajstić information content (AvgIpc) is 3.14. The maximum absolute atomic E-state index is 12.8. The van der Waals surface area contributed by atoms with Gasteiger partial charge in [0.25, 0.3) is 5.91 Å². The number of nitrogens with zero attached hydrogens (tertiary/aromatic N) is 1. The fourth-order valence-electron chi connectivity index (χ4n) is 3.44. The standard InChI is InChI=1S/C23H26N2O6S2/c1-17-7-9-18(10-8-17)24-21(26)14-32-15-23(28)31-13-22(27)25(19-5-3-2-4-6-19)20-11-12-33(29,30)16-20/h2-10,20H,11-16H2,1H3,(H,24,26). The summed E-state index contributed by atoms with van der Waals surface area (Å²) in [4.78, 5) is 38.3. The topological polar surface area (TPSA) is 110 Å². The molecule has 10 heteroatoms. The normalized spacial score (nSPS) is 16.7. The van der Waals surface area contributed by atoms with Crippen LogP contribution >= 0.6 is 11.8 Å². The van der Waals surface area contributed by atoms with Crippen molar-refractivity contribution in [1.82, 2.24) is 0 Å². The summed E-state index contributed by atoms with van der Waals surface area (Å²) in [6.45, 7) is 1.45. The van der Waals surface area contributed by atoms with Crippen LogP contribution in [-0.4, -0.2) is 61.9 Å². The molecule has 1 saturated heterocycles. The lowest BCUT2D eigenvalue weighted by Gasteiger charge is -2.28. The van der Waals surface area contributed by atoms with Crippen molar-refractivity contribution in [1.29, 1.82) is 0 Å². The molecule has 1 N–H and O–H groups in total. The zero-order valence-electron chi connectivity index (χ0n) is 18.2. The van der Waals surface area contributed by atoms with Gasteiger partial charge >= 0.3 is 5.97 Å². The number of para-hydroxylation sites is 1. The predicted molar refractivity (Wildman–Crippen MR) is 129 cm³/mol. The zero-order valence-corrected chi connectivity index (χ0v) is 19.9. The number of sulfone groups is 1.